The zero-order valence-electron chi connectivity index (χ0n) is 18.4. The third-order valence-electron chi connectivity index (χ3n) is 5.83. The van der Waals surface area contributed by atoms with E-state index in [1.165, 1.54) is 35.4 Å². The Kier molecular flexibility index (Phi) is 7.51. The minimum absolute atomic E-state index is 0.449. The van der Waals surface area contributed by atoms with Crippen molar-refractivity contribution in [2.45, 2.75) is 53.0 Å². The van der Waals surface area contributed by atoms with Crippen molar-refractivity contribution in [3.8, 4) is 0 Å². The fraction of sp³-hybridized carbons (Fsp3) is 0.423. The van der Waals surface area contributed by atoms with Gasteiger partial charge in [0.1, 0.15) is 0 Å². The van der Waals surface area contributed by atoms with Crippen molar-refractivity contribution in [3.63, 3.8) is 0 Å². The topological polar surface area (TPSA) is 21.1 Å². The van der Waals surface area contributed by atoms with Crippen LogP contribution in [0.25, 0.3) is 5.57 Å². The van der Waals surface area contributed by atoms with Gasteiger partial charge in [-0.2, -0.15) is 0 Å². The summed E-state index contributed by atoms with van der Waals surface area (Å²) in [5, 5.41) is 0. The highest BCUT2D eigenvalue weighted by molar-refractivity contribution is 5.80. The van der Waals surface area contributed by atoms with E-state index >= 15 is 0 Å². The van der Waals surface area contributed by atoms with E-state index in [0.717, 1.165) is 19.5 Å². The summed E-state index contributed by atoms with van der Waals surface area (Å²) in [7, 11) is 0. The summed E-state index contributed by atoms with van der Waals surface area (Å²) >= 11 is 0. The van der Waals surface area contributed by atoms with Crippen LogP contribution in [0, 0.1) is 5.92 Å². The van der Waals surface area contributed by atoms with Gasteiger partial charge >= 0.3 is 0 Å². The van der Waals surface area contributed by atoms with Gasteiger partial charge in [0.25, 0.3) is 0 Å². The molecule has 0 N–H and O–H groups in total. The fourth-order valence-electron chi connectivity index (χ4n) is 4.61. The lowest BCUT2D eigenvalue weighted by Gasteiger charge is -2.37. The van der Waals surface area contributed by atoms with E-state index in [4.69, 9.17) is 0 Å². The number of para-hydroxylation sites is 1. The lowest BCUT2D eigenvalue weighted by atomic mass is 9.84. The molecule has 1 aliphatic carbocycles. The SMILES string of the molecule is C1=CC2=C(C=CC1)[C@H](C1CCN(c3ccccc3)CC1)n1cncc12.CC.CC. The minimum Gasteiger partial charge on any atom is -0.372 e. The van der Waals surface area contributed by atoms with Crippen LogP contribution in [0.1, 0.15) is 58.7 Å². The predicted octanol–water partition coefficient (Wildman–Crippen LogP) is 6.68. The van der Waals surface area contributed by atoms with E-state index < -0.39 is 0 Å². The molecule has 3 heterocycles. The summed E-state index contributed by atoms with van der Waals surface area (Å²) in [6, 6.07) is 11.3. The van der Waals surface area contributed by atoms with E-state index in [-0.39, 0.29) is 0 Å². The monoisotopic (exact) mass is 389 g/mol. The quantitative estimate of drug-likeness (QED) is 0.571. The molecule has 2 aromatic rings. The number of hydrogen-bond donors (Lipinski definition) is 0. The molecule has 0 unspecified atom stereocenters. The smallest absolute Gasteiger partial charge is 0.0956 e. The molecular weight excluding hydrogens is 354 g/mol. The van der Waals surface area contributed by atoms with Crippen LogP contribution in [0.4, 0.5) is 5.69 Å². The van der Waals surface area contributed by atoms with Crippen molar-refractivity contribution in [2.75, 3.05) is 18.0 Å². The molecule has 2 aliphatic heterocycles. The van der Waals surface area contributed by atoms with Crippen LogP contribution in [-0.2, 0) is 0 Å². The van der Waals surface area contributed by atoms with Gasteiger partial charge in [-0.05, 0) is 42.9 Å². The Bertz CT molecular complexity index is 849. The lowest BCUT2D eigenvalue weighted by Crippen LogP contribution is -2.36. The molecule has 154 valence electrons. The van der Waals surface area contributed by atoms with E-state index in [9.17, 15) is 0 Å². The van der Waals surface area contributed by atoms with E-state index in [2.05, 4.69) is 69.1 Å². The first kappa shape index (κ1) is 21.2. The third-order valence-corrected chi connectivity index (χ3v) is 5.83. The van der Waals surface area contributed by atoms with Crippen molar-refractivity contribution < 1.29 is 0 Å². The van der Waals surface area contributed by atoms with Gasteiger partial charge in [-0.25, -0.2) is 4.98 Å². The number of hydrogen-bond acceptors (Lipinski definition) is 2. The maximum atomic E-state index is 4.43. The van der Waals surface area contributed by atoms with Crippen LogP contribution in [0.3, 0.4) is 0 Å². The second kappa shape index (κ2) is 10.3. The van der Waals surface area contributed by atoms with Gasteiger partial charge in [-0.15, -0.1) is 0 Å². The Hall–Kier alpha value is -2.55. The molecule has 0 amide bonds. The molecule has 0 bridgehead atoms. The molecule has 3 aliphatic rings. The van der Waals surface area contributed by atoms with Crippen LogP contribution in [0.5, 0.6) is 0 Å². The van der Waals surface area contributed by atoms with Crippen molar-refractivity contribution in [2.24, 2.45) is 5.92 Å². The summed E-state index contributed by atoms with van der Waals surface area (Å²) in [5.74, 6) is 0.677. The Morgan fingerprint density at radius 2 is 1.59 bits per heavy atom. The van der Waals surface area contributed by atoms with Crippen LogP contribution >= 0.6 is 0 Å². The minimum atomic E-state index is 0.449. The van der Waals surface area contributed by atoms with Crippen LogP contribution < -0.4 is 4.90 Å². The average Bonchev–Trinajstić information content (AvgIpc) is 3.30. The van der Waals surface area contributed by atoms with Gasteiger partial charge in [0.15, 0.2) is 0 Å². The van der Waals surface area contributed by atoms with Crippen LogP contribution in [0.15, 0.2) is 72.7 Å². The lowest BCUT2D eigenvalue weighted by molar-refractivity contribution is 0.314. The molecule has 1 aromatic heterocycles. The molecule has 1 saturated heterocycles. The molecule has 3 heteroatoms. The number of benzene rings is 1. The van der Waals surface area contributed by atoms with Gasteiger partial charge in [0.05, 0.1) is 24.3 Å². The number of fused-ring (bicyclic) bond motifs is 2. The van der Waals surface area contributed by atoms with Gasteiger partial charge in [-0.1, -0.05) is 70.2 Å². The summed E-state index contributed by atoms with van der Waals surface area (Å²) < 4.78 is 2.41. The Labute approximate surface area is 176 Å². The van der Waals surface area contributed by atoms with E-state index in [1.54, 1.807) is 0 Å². The zero-order valence-corrected chi connectivity index (χ0v) is 18.4. The molecule has 1 aromatic carbocycles. The first-order valence-corrected chi connectivity index (χ1v) is 11.3. The van der Waals surface area contributed by atoms with Crippen LogP contribution in [-0.4, -0.2) is 22.6 Å². The maximum Gasteiger partial charge on any atom is 0.0956 e. The van der Waals surface area contributed by atoms with E-state index in [1.807, 2.05) is 40.2 Å². The molecule has 1 atom stereocenters. The van der Waals surface area contributed by atoms with Gasteiger partial charge in [0, 0.05) is 24.4 Å². The number of imidazole rings is 1. The number of allylic oxidation sites excluding steroid dienone is 6. The molecule has 29 heavy (non-hydrogen) atoms. The van der Waals surface area contributed by atoms with Gasteiger partial charge in [-0.3, -0.25) is 0 Å². The fourth-order valence-corrected chi connectivity index (χ4v) is 4.61. The third kappa shape index (κ3) is 4.24. The molecular formula is C26H35N3. The highest BCUT2D eigenvalue weighted by atomic mass is 15.1. The second-order valence-electron chi connectivity index (χ2n) is 7.20. The molecule has 5 rings (SSSR count). The van der Waals surface area contributed by atoms with Crippen molar-refractivity contribution >= 4 is 11.3 Å². The zero-order chi connectivity index (χ0) is 20.6. The number of piperidine rings is 1. The molecule has 1 fully saturated rings. The van der Waals surface area contributed by atoms with Crippen molar-refractivity contribution in [1.29, 1.82) is 0 Å². The average molecular weight is 390 g/mol. The van der Waals surface area contributed by atoms with Crippen molar-refractivity contribution in [1.82, 2.24) is 9.55 Å². The first-order chi connectivity index (χ1) is 14.4. The molecule has 3 nitrogen and oxygen atoms in total. The predicted molar refractivity (Wildman–Crippen MR) is 125 cm³/mol. The summed E-state index contributed by atoms with van der Waals surface area (Å²) in [6.45, 7) is 10.3. The molecule has 0 spiro atoms. The standard InChI is InChI=1S/C22H23N3.2C2H6/c1-3-7-18(8-4-1)24-13-11-17(12-14-24)22-20-10-6-2-5-9-19(20)21-15-23-16-25(21)22;2*1-2/h1,3-10,15-17,22H,2,11-14H2;2*1-2H3/t22-;;/m0../s1. The Balaban J connectivity index is 0.000000568. The summed E-state index contributed by atoms with van der Waals surface area (Å²) in [6.07, 6.45) is 16.7. The first-order valence-electron chi connectivity index (χ1n) is 11.3. The Morgan fingerprint density at radius 1 is 0.897 bits per heavy atom. The number of nitrogens with zero attached hydrogens (tertiary/aromatic N) is 3. The normalized spacial score (nSPS) is 20.1. The highest BCUT2D eigenvalue weighted by Gasteiger charge is 2.36. The Morgan fingerprint density at radius 3 is 2.31 bits per heavy atom. The molecule has 0 radical (unpaired) electrons. The highest BCUT2D eigenvalue weighted by Crippen LogP contribution is 2.45. The number of anilines is 1. The van der Waals surface area contributed by atoms with Crippen molar-refractivity contribution in [3.05, 3.63) is 78.4 Å². The maximum absolute atomic E-state index is 4.43. The second-order valence-corrected chi connectivity index (χ2v) is 7.20. The number of rotatable bonds is 2. The summed E-state index contributed by atoms with van der Waals surface area (Å²) in [4.78, 5) is 6.96. The van der Waals surface area contributed by atoms with Gasteiger partial charge < -0.3 is 9.47 Å². The largest absolute Gasteiger partial charge is 0.372 e. The van der Waals surface area contributed by atoms with Crippen LogP contribution in [0.2, 0.25) is 0 Å². The van der Waals surface area contributed by atoms with E-state index in [0.29, 0.717) is 12.0 Å². The number of aromatic nitrogens is 2. The van der Waals surface area contributed by atoms with Gasteiger partial charge in [0.2, 0.25) is 0 Å². The summed E-state index contributed by atoms with van der Waals surface area (Å²) in [5.41, 5.74) is 5.51. The molecule has 0 saturated carbocycles.